The summed E-state index contributed by atoms with van der Waals surface area (Å²) >= 11 is 3.40. The second kappa shape index (κ2) is 8.42. The molecule has 2 aromatic heterocycles. The van der Waals surface area contributed by atoms with Crippen molar-refractivity contribution in [3.8, 4) is 0 Å². The van der Waals surface area contributed by atoms with Crippen LogP contribution in [0.2, 0.25) is 0 Å². The lowest BCUT2D eigenvalue weighted by molar-refractivity contribution is -0.123. The first-order chi connectivity index (χ1) is 14.0. The van der Waals surface area contributed by atoms with Gasteiger partial charge in [-0.1, -0.05) is 12.1 Å². The van der Waals surface area contributed by atoms with Gasteiger partial charge in [-0.05, 0) is 40.3 Å². The number of benzene rings is 1. The Kier molecular flexibility index (Phi) is 5.90. The van der Waals surface area contributed by atoms with Gasteiger partial charge in [0.25, 0.3) is 0 Å². The minimum atomic E-state index is -1.20. The van der Waals surface area contributed by atoms with Gasteiger partial charge in [-0.2, -0.15) is 0 Å². The van der Waals surface area contributed by atoms with Crippen LogP contribution in [0.15, 0.2) is 36.9 Å². The fraction of sp³-hybridized carbons (Fsp3) is 0.333. The standard InChI is InChI=1S/C18H19IN6O3S/c1-20-15-11-16(23-7-22-15)25(8-24-11)18-13(27)12(26)14(29-18)17(28)21-6-9-3-2-4-10(19)5-9/h2-5,7-8,12-14,18,26-27H,6H2,1H3,(H,21,28)(H,20,22,23)/t12-,13+,14-,18+/m0/s1. The minimum Gasteiger partial charge on any atom is -0.389 e. The van der Waals surface area contributed by atoms with Crippen LogP contribution >= 0.6 is 34.4 Å². The van der Waals surface area contributed by atoms with Gasteiger partial charge < -0.3 is 20.8 Å². The van der Waals surface area contributed by atoms with Crippen molar-refractivity contribution in [3.05, 3.63) is 46.1 Å². The number of nitrogens with one attached hydrogen (secondary N) is 2. The number of rotatable bonds is 5. The Hall–Kier alpha value is -1.96. The lowest BCUT2D eigenvalue weighted by Crippen LogP contribution is -2.41. The molecule has 1 fully saturated rings. The summed E-state index contributed by atoms with van der Waals surface area (Å²) in [6, 6.07) is 7.80. The van der Waals surface area contributed by atoms with Crippen molar-refractivity contribution >= 4 is 57.2 Å². The molecule has 0 radical (unpaired) electrons. The average Bonchev–Trinajstić information content (AvgIpc) is 3.27. The van der Waals surface area contributed by atoms with E-state index in [0.717, 1.165) is 9.13 Å². The number of hydrogen-bond acceptors (Lipinski definition) is 8. The van der Waals surface area contributed by atoms with Gasteiger partial charge in [0.15, 0.2) is 11.5 Å². The van der Waals surface area contributed by atoms with E-state index >= 15 is 0 Å². The molecule has 4 atom stereocenters. The van der Waals surface area contributed by atoms with E-state index < -0.39 is 22.8 Å². The van der Waals surface area contributed by atoms with Crippen molar-refractivity contribution in [1.29, 1.82) is 0 Å². The molecule has 0 aliphatic carbocycles. The van der Waals surface area contributed by atoms with Crippen LogP contribution < -0.4 is 10.6 Å². The largest absolute Gasteiger partial charge is 0.389 e. The Bertz CT molecular complexity index is 1050. The molecule has 152 valence electrons. The second-order valence-electron chi connectivity index (χ2n) is 6.57. The van der Waals surface area contributed by atoms with E-state index in [9.17, 15) is 15.0 Å². The first-order valence-electron chi connectivity index (χ1n) is 8.88. The van der Waals surface area contributed by atoms with E-state index in [-0.39, 0.29) is 5.91 Å². The number of hydrogen-bond donors (Lipinski definition) is 4. The SMILES string of the molecule is CNc1ncnc2c1ncn2[C@@H]1S[C@H](C(=O)NCc2cccc(I)c2)[C@@H](O)[C@H]1O. The molecule has 1 aromatic carbocycles. The smallest absolute Gasteiger partial charge is 0.236 e. The van der Waals surface area contributed by atoms with Crippen molar-refractivity contribution in [3.63, 3.8) is 0 Å². The normalized spacial score (nSPS) is 24.0. The molecule has 0 spiro atoms. The zero-order chi connectivity index (χ0) is 20.5. The lowest BCUT2D eigenvalue weighted by Gasteiger charge is -2.16. The maximum Gasteiger partial charge on any atom is 0.236 e. The average molecular weight is 526 g/mol. The van der Waals surface area contributed by atoms with Crippen LogP contribution in [0.3, 0.4) is 0 Å². The number of carbonyl (C=O) groups excluding carboxylic acids is 1. The van der Waals surface area contributed by atoms with Crippen LogP contribution in [0.4, 0.5) is 5.82 Å². The van der Waals surface area contributed by atoms with Gasteiger partial charge in [0, 0.05) is 17.2 Å². The Morgan fingerprint density at radius 1 is 1.28 bits per heavy atom. The zero-order valence-corrected chi connectivity index (χ0v) is 18.3. The summed E-state index contributed by atoms with van der Waals surface area (Å²) in [6.07, 6.45) is 0.600. The van der Waals surface area contributed by atoms with Crippen LogP contribution in [0.25, 0.3) is 11.2 Å². The Morgan fingerprint density at radius 2 is 2.10 bits per heavy atom. The third kappa shape index (κ3) is 3.91. The van der Waals surface area contributed by atoms with Gasteiger partial charge in [-0.15, -0.1) is 11.8 Å². The number of aliphatic hydroxyl groups excluding tert-OH is 2. The molecule has 4 rings (SSSR count). The van der Waals surface area contributed by atoms with E-state index in [0.29, 0.717) is 23.5 Å². The van der Waals surface area contributed by atoms with Gasteiger partial charge in [0.2, 0.25) is 5.91 Å². The molecule has 3 heterocycles. The highest BCUT2D eigenvalue weighted by molar-refractivity contribution is 14.1. The van der Waals surface area contributed by atoms with E-state index in [4.69, 9.17) is 0 Å². The van der Waals surface area contributed by atoms with E-state index in [1.807, 2.05) is 24.3 Å². The summed E-state index contributed by atoms with van der Waals surface area (Å²) in [7, 11) is 1.73. The third-order valence-electron chi connectivity index (χ3n) is 4.72. The number of carbonyl (C=O) groups is 1. The quantitative estimate of drug-likeness (QED) is 0.365. The van der Waals surface area contributed by atoms with Gasteiger partial charge >= 0.3 is 0 Å². The number of thioether (sulfide) groups is 1. The highest BCUT2D eigenvalue weighted by atomic mass is 127. The van der Waals surface area contributed by atoms with Crippen LogP contribution in [0, 0.1) is 3.57 Å². The molecular formula is C18H19IN6O3S. The van der Waals surface area contributed by atoms with Crippen LogP contribution in [0.5, 0.6) is 0 Å². The highest BCUT2D eigenvalue weighted by Crippen LogP contribution is 2.43. The van der Waals surface area contributed by atoms with Crippen molar-refractivity contribution in [2.45, 2.75) is 29.4 Å². The van der Waals surface area contributed by atoms with Crippen molar-refractivity contribution < 1.29 is 15.0 Å². The zero-order valence-electron chi connectivity index (χ0n) is 15.4. The minimum absolute atomic E-state index is 0.321. The topological polar surface area (TPSA) is 125 Å². The van der Waals surface area contributed by atoms with Crippen molar-refractivity contribution in [2.75, 3.05) is 12.4 Å². The number of fused-ring (bicyclic) bond motifs is 1. The van der Waals surface area contributed by atoms with Crippen LogP contribution in [0.1, 0.15) is 10.9 Å². The summed E-state index contributed by atoms with van der Waals surface area (Å²) in [5, 5.41) is 25.5. The van der Waals surface area contributed by atoms with Gasteiger partial charge in [0.1, 0.15) is 34.7 Å². The first-order valence-corrected chi connectivity index (χ1v) is 10.9. The first kappa shape index (κ1) is 20.3. The molecule has 11 heteroatoms. The number of aliphatic hydroxyl groups is 2. The maximum atomic E-state index is 12.7. The number of amides is 1. The van der Waals surface area contributed by atoms with Gasteiger partial charge in [-0.25, -0.2) is 15.0 Å². The molecule has 4 N–H and O–H groups in total. The molecule has 0 saturated carbocycles. The number of imidazole rings is 1. The van der Waals surface area contributed by atoms with E-state index in [1.165, 1.54) is 18.1 Å². The van der Waals surface area contributed by atoms with Crippen molar-refractivity contribution in [1.82, 2.24) is 24.8 Å². The van der Waals surface area contributed by atoms with Crippen molar-refractivity contribution in [2.24, 2.45) is 0 Å². The molecule has 1 saturated heterocycles. The Balaban J connectivity index is 1.51. The summed E-state index contributed by atoms with van der Waals surface area (Å²) in [4.78, 5) is 25.4. The lowest BCUT2D eigenvalue weighted by atomic mass is 10.1. The third-order valence-corrected chi connectivity index (χ3v) is 6.96. The molecular weight excluding hydrogens is 507 g/mol. The molecule has 1 aliphatic rings. The van der Waals surface area contributed by atoms with Gasteiger partial charge in [0.05, 0.1) is 6.33 Å². The predicted molar refractivity (Wildman–Crippen MR) is 118 cm³/mol. The molecule has 9 nitrogen and oxygen atoms in total. The summed E-state index contributed by atoms with van der Waals surface area (Å²) in [5.41, 5.74) is 2.05. The maximum absolute atomic E-state index is 12.7. The molecule has 1 amide bonds. The number of halogens is 1. The van der Waals surface area contributed by atoms with Crippen LogP contribution in [-0.2, 0) is 11.3 Å². The van der Waals surface area contributed by atoms with Crippen LogP contribution in [-0.4, -0.2) is 60.1 Å². The summed E-state index contributed by atoms with van der Waals surface area (Å²) in [6.45, 7) is 0.354. The fourth-order valence-electron chi connectivity index (χ4n) is 3.26. The Morgan fingerprint density at radius 3 is 2.86 bits per heavy atom. The number of aromatic nitrogens is 4. The monoisotopic (exact) mass is 526 g/mol. The second-order valence-corrected chi connectivity index (χ2v) is 9.08. The Labute approximate surface area is 184 Å². The number of nitrogens with zero attached hydrogens (tertiary/aromatic N) is 4. The highest BCUT2D eigenvalue weighted by Gasteiger charge is 2.47. The summed E-state index contributed by atoms with van der Waals surface area (Å²) < 4.78 is 2.75. The molecule has 0 bridgehead atoms. The number of anilines is 1. The van der Waals surface area contributed by atoms with Gasteiger partial charge in [-0.3, -0.25) is 9.36 Å². The fourth-order valence-corrected chi connectivity index (χ4v) is 5.31. The summed E-state index contributed by atoms with van der Waals surface area (Å²) in [5.74, 6) is 0.247. The molecule has 1 aliphatic heterocycles. The molecule has 29 heavy (non-hydrogen) atoms. The molecule has 0 unspecified atom stereocenters. The van der Waals surface area contributed by atoms with E-state index in [2.05, 4.69) is 48.2 Å². The molecule has 3 aromatic rings. The predicted octanol–water partition coefficient (Wildman–Crippen LogP) is 1.12. The van der Waals surface area contributed by atoms with E-state index in [1.54, 1.807) is 17.9 Å².